The summed E-state index contributed by atoms with van der Waals surface area (Å²) in [5, 5.41) is 2.34. The van der Waals surface area contributed by atoms with Crippen LogP contribution in [0.25, 0.3) is 11.1 Å². The summed E-state index contributed by atoms with van der Waals surface area (Å²) in [5.74, 6) is -0.0601. The van der Waals surface area contributed by atoms with Gasteiger partial charge in [-0.2, -0.15) is 4.99 Å². The first-order valence-electron chi connectivity index (χ1n) is 9.02. The number of halogens is 2. The summed E-state index contributed by atoms with van der Waals surface area (Å²) >= 11 is 10.6. The lowest BCUT2D eigenvalue weighted by atomic mass is 10.0. The highest BCUT2D eigenvalue weighted by atomic mass is 35.5. The van der Waals surface area contributed by atoms with E-state index in [0.717, 1.165) is 30.8 Å². The van der Waals surface area contributed by atoms with E-state index in [4.69, 9.17) is 21.1 Å². The standard InChI is InChI=1S/C21H21ClFNO2S/c1-2-3-4-14-11-25-21(26-12-14)16-7-5-15(6-8-16)17-9-18(22)20(24-13-27)19(23)10-17/h5-10,14,21H,2-4,11-12H2,1H3. The normalized spacial score (nSPS) is 19.5. The Labute approximate surface area is 169 Å². The minimum Gasteiger partial charge on any atom is -0.348 e. The van der Waals surface area contributed by atoms with Crippen LogP contribution in [0.1, 0.15) is 38.0 Å². The maximum atomic E-state index is 14.2. The lowest BCUT2D eigenvalue weighted by Gasteiger charge is -2.29. The van der Waals surface area contributed by atoms with E-state index in [1.807, 2.05) is 24.3 Å². The van der Waals surface area contributed by atoms with Crippen molar-refractivity contribution >= 4 is 34.7 Å². The molecule has 1 aliphatic rings. The minimum atomic E-state index is -0.531. The topological polar surface area (TPSA) is 30.8 Å². The molecule has 0 radical (unpaired) electrons. The highest BCUT2D eigenvalue weighted by Crippen LogP contribution is 2.34. The Morgan fingerprint density at radius 2 is 1.89 bits per heavy atom. The third-order valence-electron chi connectivity index (χ3n) is 4.62. The third kappa shape index (κ3) is 5.01. The molecule has 1 fully saturated rings. The van der Waals surface area contributed by atoms with E-state index in [9.17, 15) is 4.39 Å². The van der Waals surface area contributed by atoms with E-state index in [0.29, 0.717) is 11.5 Å². The number of aliphatic imine (C=N–C) groups is 1. The Bertz CT molecular complexity index is 806. The molecule has 2 aromatic carbocycles. The van der Waals surface area contributed by atoms with Crippen molar-refractivity contribution in [2.45, 2.75) is 32.5 Å². The molecule has 0 spiro atoms. The van der Waals surface area contributed by atoms with Crippen molar-refractivity contribution in [1.82, 2.24) is 0 Å². The van der Waals surface area contributed by atoms with E-state index >= 15 is 0 Å². The van der Waals surface area contributed by atoms with Crippen LogP contribution in [0.5, 0.6) is 0 Å². The maximum absolute atomic E-state index is 14.2. The predicted molar refractivity (Wildman–Crippen MR) is 109 cm³/mol. The molecule has 0 bridgehead atoms. The maximum Gasteiger partial charge on any atom is 0.183 e. The first-order valence-corrected chi connectivity index (χ1v) is 9.81. The summed E-state index contributed by atoms with van der Waals surface area (Å²) in [5.41, 5.74) is 2.46. The summed E-state index contributed by atoms with van der Waals surface area (Å²) < 4.78 is 25.9. The monoisotopic (exact) mass is 405 g/mol. The van der Waals surface area contributed by atoms with Gasteiger partial charge in [-0.25, -0.2) is 4.39 Å². The SMILES string of the molecule is CCCCC1COC(c2ccc(-c3cc(F)c(N=C=S)c(Cl)c3)cc2)OC1. The number of ether oxygens (including phenoxy) is 2. The molecule has 3 rings (SSSR count). The highest BCUT2D eigenvalue weighted by molar-refractivity contribution is 7.78. The highest BCUT2D eigenvalue weighted by Gasteiger charge is 2.23. The van der Waals surface area contributed by atoms with E-state index in [2.05, 4.69) is 29.3 Å². The van der Waals surface area contributed by atoms with Gasteiger partial charge in [0.2, 0.25) is 0 Å². The second-order valence-corrected chi connectivity index (χ2v) is 7.21. The summed E-state index contributed by atoms with van der Waals surface area (Å²) in [6, 6.07) is 10.7. The van der Waals surface area contributed by atoms with Gasteiger partial charge in [0.1, 0.15) is 5.69 Å². The summed E-state index contributed by atoms with van der Waals surface area (Å²) in [7, 11) is 0. The number of benzene rings is 2. The smallest absolute Gasteiger partial charge is 0.183 e. The molecule has 1 saturated heterocycles. The van der Waals surface area contributed by atoms with Gasteiger partial charge in [-0.15, -0.1) is 0 Å². The van der Waals surface area contributed by atoms with Crippen LogP contribution < -0.4 is 0 Å². The molecular formula is C21H21ClFNO2S. The fraction of sp³-hybridized carbons (Fsp3) is 0.381. The average Bonchev–Trinajstić information content (AvgIpc) is 2.69. The second kappa shape index (κ2) is 9.54. The van der Waals surface area contributed by atoms with Crippen LogP contribution in [-0.4, -0.2) is 18.4 Å². The fourth-order valence-electron chi connectivity index (χ4n) is 3.11. The van der Waals surface area contributed by atoms with Crippen molar-refractivity contribution in [1.29, 1.82) is 0 Å². The Morgan fingerprint density at radius 1 is 1.19 bits per heavy atom. The quantitative estimate of drug-likeness (QED) is 0.394. The zero-order chi connectivity index (χ0) is 19.2. The average molecular weight is 406 g/mol. The Kier molecular flexibility index (Phi) is 7.11. The van der Waals surface area contributed by atoms with Crippen molar-refractivity contribution in [3.8, 4) is 11.1 Å². The van der Waals surface area contributed by atoms with Crippen LogP contribution in [0.4, 0.5) is 10.1 Å². The molecule has 1 heterocycles. The molecule has 2 aromatic rings. The van der Waals surface area contributed by atoms with Gasteiger partial charge >= 0.3 is 0 Å². The van der Waals surface area contributed by atoms with Crippen LogP contribution in [-0.2, 0) is 9.47 Å². The summed E-state index contributed by atoms with van der Waals surface area (Å²) in [6.07, 6.45) is 3.17. The van der Waals surface area contributed by atoms with Gasteiger partial charge in [-0.05, 0) is 41.9 Å². The van der Waals surface area contributed by atoms with Crippen molar-refractivity contribution in [2.24, 2.45) is 10.9 Å². The van der Waals surface area contributed by atoms with Crippen molar-refractivity contribution < 1.29 is 13.9 Å². The van der Waals surface area contributed by atoms with Crippen LogP contribution in [0.2, 0.25) is 5.02 Å². The number of isothiocyanates is 1. The van der Waals surface area contributed by atoms with E-state index in [1.54, 1.807) is 6.07 Å². The number of hydrogen-bond acceptors (Lipinski definition) is 4. The van der Waals surface area contributed by atoms with Gasteiger partial charge in [-0.3, -0.25) is 0 Å². The van der Waals surface area contributed by atoms with E-state index in [-0.39, 0.29) is 17.0 Å². The summed E-state index contributed by atoms with van der Waals surface area (Å²) in [6.45, 7) is 3.62. The van der Waals surface area contributed by atoms with E-state index < -0.39 is 5.82 Å². The van der Waals surface area contributed by atoms with Crippen molar-refractivity contribution in [3.05, 3.63) is 52.8 Å². The predicted octanol–water partition coefficient (Wildman–Crippen LogP) is 6.73. The van der Waals surface area contributed by atoms with Gasteiger partial charge < -0.3 is 9.47 Å². The number of unbranched alkanes of at least 4 members (excludes halogenated alkanes) is 1. The van der Waals surface area contributed by atoms with E-state index in [1.165, 1.54) is 18.9 Å². The Hall–Kier alpha value is -1.62. The lowest BCUT2D eigenvalue weighted by Crippen LogP contribution is -2.27. The molecule has 0 unspecified atom stereocenters. The van der Waals surface area contributed by atoms with Gasteiger partial charge in [0.15, 0.2) is 12.1 Å². The number of thiocarbonyl (C=S) groups is 1. The molecule has 142 valence electrons. The largest absolute Gasteiger partial charge is 0.348 e. The van der Waals surface area contributed by atoms with Crippen molar-refractivity contribution in [3.63, 3.8) is 0 Å². The second-order valence-electron chi connectivity index (χ2n) is 6.62. The number of rotatable bonds is 6. The molecule has 0 aliphatic carbocycles. The third-order valence-corrected chi connectivity index (χ3v) is 5.00. The molecule has 0 N–H and O–H groups in total. The van der Waals surface area contributed by atoms with Crippen LogP contribution in [0.15, 0.2) is 41.4 Å². The summed E-state index contributed by atoms with van der Waals surface area (Å²) in [4.78, 5) is 3.67. The Balaban J connectivity index is 1.70. The molecule has 0 saturated carbocycles. The molecule has 0 atom stereocenters. The first kappa shape index (κ1) is 20.1. The zero-order valence-corrected chi connectivity index (χ0v) is 16.7. The van der Waals surface area contributed by atoms with Crippen molar-refractivity contribution in [2.75, 3.05) is 13.2 Å². The van der Waals surface area contributed by atoms with Crippen LogP contribution in [0, 0.1) is 11.7 Å². The molecule has 0 aromatic heterocycles. The Morgan fingerprint density at radius 3 is 2.48 bits per heavy atom. The molecular weight excluding hydrogens is 385 g/mol. The lowest BCUT2D eigenvalue weighted by molar-refractivity contribution is -0.206. The van der Waals surface area contributed by atoms with Gasteiger partial charge in [-0.1, -0.05) is 55.6 Å². The van der Waals surface area contributed by atoms with Gasteiger partial charge in [0, 0.05) is 11.5 Å². The molecule has 3 nitrogen and oxygen atoms in total. The molecule has 6 heteroatoms. The molecule has 1 aliphatic heterocycles. The first-order chi connectivity index (χ1) is 13.1. The number of nitrogens with zero attached hydrogens (tertiary/aromatic N) is 1. The fourth-order valence-corrected chi connectivity index (χ4v) is 3.45. The van der Waals surface area contributed by atoms with Gasteiger partial charge in [0.25, 0.3) is 0 Å². The minimum absolute atomic E-state index is 0.00803. The van der Waals surface area contributed by atoms with Gasteiger partial charge in [0.05, 0.1) is 23.4 Å². The zero-order valence-electron chi connectivity index (χ0n) is 15.1. The van der Waals surface area contributed by atoms with Crippen LogP contribution >= 0.6 is 23.8 Å². The van der Waals surface area contributed by atoms with Crippen LogP contribution in [0.3, 0.4) is 0 Å². The molecule has 27 heavy (non-hydrogen) atoms. The number of hydrogen-bond donors (Lipinski definition) is 0. The molecule has 0 amide bonds.